The molecule has 0 saturated carbocycles. The Morgan fingerprint density at radius 1 is 0.966 bits per heavy atom. The summed E-state index contributed by atoms with van der Waals surface area (Å²) >= 11 is 6.22. The van der Waals surface area contributed by atoms with Gasteiger partial charge in [-0.05, 0) is 55.2 Å². The first-order valence-corrected chi connectivity index (χ1v) is 9.86. The van der Waals surface area contributed by atoms with Gasteiger partial charge in [-0.3, -0.25) is 9.59 Å². The fourth-order valence-corrected chi connectivity index (χ4v) is 4.09. The van der Waals surface area contributed by atoms with Crippen LogP contribution in [0.4, 0.5) is 10.1 Å². The number of piperidine rings is 1. The van der Waals surface area contributed by atoms with Gasteiger partial charge in [0.15, 0.2) is 0 Å². The lowest BCUT2D eigenvalue weighted by molar-refractivity contribution is -0.120. The molecule has 2 amide bonds. The Hall–Kier alpha value is -2.86. The number of carbonyl (C=O) groups excluding carboxylic acids is 2. The van der Waals surface area contributed by atoms with E-state index in [1.165, 1.54) is 37.4 Å². The summed E-state index contributed by atoms with van der Waals surface area (Å²) in [5.41, 5.74) is 1.56. The van der Waals surface area contributed by atoms with Crippen LogP contribution in [0.25, 0.3) is 5.57 Å². The summed E-state index contributed by atoms with van der Waals surface area (Å²) in [5.74, 6) is -0.775. The molecule has 2 aromatic carbocycles. The van der Waals surface area contributed by atoms with E-state index in [4.69, 9.17) is 16.3 Å². The first kappa shape index (κ1) is 19.5. The Morgan fingerprint density at radius 3 is 2.28 bits per heavy atom. The van der Waals surface area contributed by atoms with Gasteiger partial charge in [0.2, 0.25) is 0 Å². The molecular weight excluding hydrogens is 395 g/mol. The Morgan fingerprint density at radius 2 is 1.66 bits per heavy atom. The molecule has 4 rings (SSSR count). The molecule has 5 nitrogen and oxygen atoms in total. The van der Waals surface area contributed by atoms with E-state index < -0.39 is 17.6 Å². The van der Waals surface area contributed by atoms with E-state index in [1.807, 2.05) is 4.90 Å². The highest BCUT2D eigenvalue weighted by Gasteiger charge is 2.42. The second kappa shape index (κ2) is 7.87. The molecule has 0 spiro atoms. The molecule has 1 saturated heterocycles. The number of hydrogen-bond acceptors (Lipinski definition) is 4. The number of methoxy groups -OCH3 is 1. The minimum Gasteiger partial charge on any atom is -0.495 e. The minimum absolute atomic E-state index is 0.295. The number of benzene rings is 2. The molecule has 0 N–H and O–H groups in total. The third-order valence-electron chi connectivity index (χ3n) is 5.26. The average Bonchev–Trinajstić information content (AvgIpc) is 2.99. The molecule has 0 aromatic heterocycles. The van der Waals surface area contributed by atoms with Crippen molar-refractivity contribution < 1.29 is 18.7 Å². The van der Waals surface area contributed by atoms with Crippen molar-refractivity contribution in [2.45, 2.75) is 19.3 Å². The lowest BCUT2D eigenvalue weighted by Gasteiger charge is -2.29. The highest BCUT2D eigenvalue weighted by atomic mass is 35.5. The lowest BCUT2D eigenvalue weighted by atomic mass is 10.0. The van der Waals surface area contributed by atoms with Crippen LogP contribution in [-0.2, 0) is 9.59 Å². The van der Waals surface area contributed by atoms with Gasteiger partial charge in [0.1, 0.15) is 17.3 Å². The van der Waals surface area contributed by atoms with Gasteiger partial charge in [0, 0.05) is 13.1 Å². The van der Waals surface area contributed by atoms with Crippen LogP contribution in [0.1, 0.15) is 24.8 Å². The van der Waals surface area contributed by atoms with Crippen LogP contribution in [0.2, 0.25) is 5.02 Å². The number of carbonyl (C=O) groups is 2. The molecule has 0 unspecified atom stereocenters. The molecule has 0 aliphatic carbocycles. The van der Waals surface area contributed by atoms with Crippen LogP contribution in [0.3, 0.4) is 0 Å². The zero-order valence-corrected chi connectivity index (χ0v) is 16.7. The van der Waals surface area contributed by atoms with Gasteiger partial charge in [-0.25, -0.2) is 9.29 Å². The minimum atomic E-state index is -0.441. The third kappa shape index (κ3) is 3.49. The fraction of sp³-hybridized carbons (Fsp3) is 0.273. The van der Waals surface area contributed by atoms with Gasteiger partial charge in [-0.1, -0.05) is 23.7 Å². The molecule has 150 valence electrons. The molecular formula is C22H20ClFN2O3. The van der Waals surface area contributed by atoms with Crippen LogP contribution in [0, 0.1) is 5.82 Å². The maximum Gasteiger partial charge on any atom is 0.282 e. The summed E-state index contributed by atoms with van der Waals surface area (Å²) in [6.45, 7) is 1.41. The third-order valence-corrected chi connectivity index (χ3v) is 5.55. The van der Waals surface area contributed by atoms with Crippen molar-refractivity contribution in [3.8, 4) is 5.75 Å². The summed E-state index contributed by atoms with van der Waals surface area (Å²) in [5, 5.41) is 0.306. The number of amides is 2. The number of ether oxygens (including phenoxy) is 1. The van der Waals surface area contributed by atoms with Crippen molar-refractivity contribution in [2.24, 2.45) is 0 Å². The van der Waals surface area contributed by atoms with Gasteiger partial charge < -0.3 is 9.64 Å². The first-order chi connectivity index (χ1) is 14.0. The second-order valence-corrected chi connectivity index (χ2v) is 7.45. The predicted molar refractivity (Wildman–Crippen MR) is 109 cm³/mol. The maximum absolute atomic E-state index is 13.4. The van der Waals surface area contributed by atoms with E-state index in [0.717, 1.165) is 24.2 Å². The van der Waals surface area contributed by atoms with Crippen molar-refractivity contribution in [3.63, 3.8) is 0 Å². The summed E-state index contributed by atoms with van der Waals surface area (Å²) in [6.07, 6.45) is 3.00. The van der Waals surface area contributed by atoms with Crippen molar-refractivity contribution in [2.75, 3.05) is 25.1 Å². The van der Waals surface area contributed by atoms with E-state index in [9.17, 15) is 14.0 Å². The monoisotopic (exact) mass is 414 g/mol. The molecule has 1 fully saturated rings. The van der Waals surface area contributed by atoms with Crippen LogP contribution in [-0.4, -0.2) is 36.9 Å². The van der Waals surface area contributed by atoms with Gasteiger partial charge in [-0.15, -0.1) is 0 Å². The highest BCUT2D eigenvalue weighted by molar-refractivity contribution is 6.45. The molecule has 0 bridgehead atoms. The molecule has 2 aromatic rings. The number of nitrogens with zero attached hydrogens (tertiary/aromatic N) is 2. The number of halogens is 2. The van der Waals surface area contributed by atoms with E-state index in [2.05, 4.69) is 0 Å². The van der Waals surface area contributed by atoms with Gasteiger partial charge >= 0.3 is 0 Å². The molecule has 0 atom stereocenters. The number of hydrogen-bond donors (Lipinski definition) is 0. The van der Waals surface area contributed by atoms with Crippen LogP contribution in [0.15, 0.2) is 48.2 Å². The Labute approximate surface area is 173 Å². The van der Waals surface area contributed by atoms with Crippen molar-refractivity contribution in [1.82, 2.24) is 4.90 Å². The Bertz CT molecular complexity index is 998. The molecule has 2 aliphatic rings. The average molecular weight is 415 g/mol. The number of rotatable bonds is 4. The first-order valence-electron chi connectivity index (χ1n) is 9.48. The van der Waals surface area contributed by atoms with Crippen molar-refractivity contribution in [1.29, 1.82) is 0 Å². The zero-order valence-electron chi connectivity index (χ0n) is 16.0. The molecule has 29 heavy (non-hydrogen) atoms. The largest absolute Gasteiger partial charge is 0.495 e. The standard InChI is InChI=1S/C22H20ClFN2O3/c1-29-18-10-9-16(13-17(18)23)26-21(27)19(14-5-7-15(24)8-6-14)20(22(26)28)25-11-3-2-4-12-25/h5-10,13H,2-4,11-12H2,1H3. The normalized spacial score (nSPS) is 17.3. The highest BCUT2D eigenvalue weighted by Crippen LogP contribution is 2.38. The van der Waals surface area contributed by atoms with Crippen LogP contribution >= 0.6 is 11.6 Å². The van der Waals surface area contributed by atoms with Gasteiger partial charge in [0.25, 0.3) is 11.8 Å². The number of anilines is 1. The van der Waals surface area contributed by atoms with E-state index in [-0.39, 0.29) is 0 Å². The van der Waals surface area contributed by atoms with Crippen molar-refractivity contribution in [3.05, 3.63) is 64.6 Å². The summed E-state index contributed by atoms with van der Waals surface area (Å²) in [6, 6.07) is 10.4. The zero-order chi connectivity index (χ0) is 20.5. The van der Waals surface area contributed by atoms with Gasteiger partial charge in [-0.2, -0.15) is 0 Å². The molecule has 2 aliphatic heterocycles. The van der Waals surface area contributed by atoms with Crippen LogP contribution in [0.5, 0.6) is 5.75 Å². The SMILES string of the molecule is COc1ccc(N2C(=O)C(c3ccc(F)cc3)=C(N3CCCCC3)C2=O)cc1Cl. The summed E-state index contributed by atoms with van der Waals surface area (Å²) in [4.78, 5) is 29.9. The predicted octanol–water partition coefficient (Wildman–Crippen LogP) is 4.26. The lowest BCUT2D eigenvalue weighted by Crippen LogP contribution is -2.37. The molecule has 0 radical (unpaired) electrons. The summed E-state index contributed by atoms with van der Waals surface area (Å²) in [7, 11) is 1.50. The Balaban J connectivity index is 1.81. The Kier molecular flexibility index (Phi) is 5.28. The van der Waals surface area contributed by atoms with Gasteiger partial charge in [0.05, 0.1) is 23.4 Å². The topological polar surface area (TPSA) is 49.9 Å². The smallest absolute Gasteiger partial charge is 0.282 e. The summed E-state index contributed by atoms with van der Waals surface area (Å²) < 4.78 is 18.6. The van der Waals surface area contributed by atoms with Crippen molar-refractivity contribution >= 4 is 34.7 Å². The number of likely N-dealkylation sites (tertiary alicyclic amines) is 1. The number of imide groups is 1. The van der Waals surface area contributed by atoms with Crippen LogP contribution < -0.4 is 9.64 Å². The fourth-order valence-electron chi connectivity index (χ4n) is 3.83. The second-order valence-electron chi connectivity index (χ2n) is 7.04. The van der Waals surface area contributed by atoms with E-state index >= 15 is 0 Å². The molecule has 7 heteroatoms. The maximum atomic E-state index is 13.4. The van der Waals surface area contributed by atoms with E-state index in [0.29, 0.717) is 46.4 Å². The molecule has 2 heterocycles. The quantitative estimate of drug-likeness (QED) is 0.701. The van der Waals surface area contributed by atoms with E-state index in [1.54, 1.807) is 12.1 Å².